The molecule has 2 atom stereocenters. The highest BCUT2D eigenvalue weighted by Gasteiger charge is 2.28. The molecule has 0 spiro atoms. The van der Waals surface area contributed by atoms with Crippen LogP contribution in [-0.2, 0) is 6.54 Å². The zero-order chi connectivity index (χ0) is 18.5. The number of anilines is 1. The minimum Gasteiger partial charge on any atom is -0.473 e. The van der Waals surface area contributed by atoms with Crippen molar-refractivity contribution < 1.29 is 9.13 Å². The fourth-order valence-corrected chi connectivity index (χ4v) is 3.90. The molecule has 1 saturated heterocycles. The molecule has 26 heavy (non-hydrogen) atoms. The minimum absolute atomic E-state index is 0.0344. The number of hydrogen-bond donors (Lipinski definition) is 1. The molecule has 0 radical (unpaired) electrons. The second kappa shape index (κ2) is 8.38. The van der Waals surface area contributed by atoms with Crippen LogP contribution in [0, 0.1) is 17.3 Å². The van der Waals surface area contributed by atoms with Gasteiger partial charge in [0.05, 0.1) is 17.3 Å². The van der Waals surface area contributed by atoms with Gasteiger partial charge in [-0.15, -0.1) is 0 Å². The second-order valence-electron chi connectivity index (χ2n) is 6.20. The van der Waals surface area contributed by atoms with Crippen LogP contribution in [0.15, 0.2) is 12.4 Å². The van der Waals surface area contributed by atoms with Crippen molar-refractivity contribution in [2.75, 3.05) is 18.4 Å². The second-order valence-corrected chi connectivity index (χ2v) is 7.28. The zero-order valence-corrected chi connectivity index (χ0v) is 15.6. The van der Waals surface area contributed by atoms with Crippen LogP contribution in [0.4, 0.5) is 9.52 Å². The van der Waals surface area contributed by atoms with E-state index in [1.165, 1.54) is 23.7 Å². The SMILES string of the molecule is CCNc1nc(F)c(CN2CC[C@H](Oc3cnc(C#N)cn3)C[C@@H]2C)s1. The number of aromatic nitrogens is 3. The van der Waals surface area contributed by atoms with E-state index in [1.54, 1.807) is 0 Å². The number of nitrogens with one attached hydrogen (secondary N) is 1. The highest BCUT2D eigenvalue weighted by Crippen LogP contribution is 2.27. The quantitative estimate of drug-likeness (QED) is 0.829. The highest BCUT2D eigenvalue weighted by molar-refractivity contribution is 7.15. The van der Waals surface area contributed by atoms with Crippen LogP contribution in [-0.4, -0.2) is 45.1 Å². The van der Waals surface area contributed by atoms with Gasteiger partial charge >= 0.3 is 0 Å². The van der Waals surface area contributed by atoms with E-state index in [0.29, 0.717) is 22.4 Å². The number of rotatable bonds is 6. The molecule has 0 saturated carbocycles. The summed E-state index contributed by atoms with van der Waals surface area (Å²) < 4.78 is 19.9. The number of nitriles is 1. The molecular formula is C17H21FN6OS. The first-order valence-electron chi connectivity index (χ1n) is 8.61. The van der Waals surface area contributed by atoms with Gasteiger partial charge in [0, 0.05) is 25.7 Å². The molecule has 7 nitrogen and oxygen atoms in total. The third-order valence-corrected chi connectivity index (χ3v) is 5.29. The van der Waals surface area contributed by atoms with Gasteiger partial charge in [0.15, 0.2) is 10.8 Å². The van der Waals surface area contributed by atoms with Crippen molar-refractivity contribution in [2.24, 2.45) is 0 Å². The predicted molar refractivity (Wildman–Crippen MR) is 96.5 cm³/mol. The molecule has 1 fully saturated rings. The number of ether oxygens (including phenoxy) is 1. The normalized spacial score (nSPS) is 20.5. The monoisotopic (exact) mass is 376 g/mol. The number of likely N-dealkylation sites (tertiary alicyclic amines) is 1. The van der Waals surface area contributed by atoms with Gasteiger partial charge in [-0.25, -0.2) is 9.97 Å². The molecule has 0 amide bonds. The maximum absolute atomic E-state index is 14.0. The number of piperidine rings is 1. The lowest BCUT2D eigenvalue weighted by Gasteiger charge is -2.37. The highest BCUT2D eigenvalue weighted by atomic mass is 32.1. The molecule has 0 bridgehead atoms. The van der Waals surface area contributed by atoms with E-state index in [2.05, 4.69) is 32.1 Å². The lowest BCUT2D eigenvalue weighted by atomic mass is 10.0. The van der Waals surface area contributed by atoms with Gasteiger partial charge in [0.25, 0.3) is 0 Å². The van der Waals surface area contributed by atoms with Crippen LogP contribution in [0.5, 0.6) is 5.88 Å². The summed E-state index contributed by atoms with van der Waals surface area (Å²) in [5, 5.41) is 12.4. The summed E-state index contributed by atoms with van der Waals surface area (Å²) in [6.07, 6.45) is 4.56. The van der Waals surface area contributed by atoms with Crippen LogP contribution < -0.4 is 10.1 Å². The Morgan fingerprint density at radius 1 is 1.46 bits per heavy atom. The van der Waals surface area contributed by atoms with Gasteiger partial charge in [0.2, 0.25) is 11.8 Å². The number of nitrogens with zero attached hydrogens (tertiary/aromatic N) is 5. The third-order valence-electron chi connectivity index (χ3n) is 4.32. The minimum atomic E-state index is -0.385. The molecule has 0 aliphatic carbocycles. The molecule has 0 unspecified atom stereocenters. The maximum atomic E-state index is 14.0. The van der Waals surface area contributed by atoms with Gasteiger partial charge in [-0.1, -0.05) is 11.3 Å². The van der Waals surface area contributed by atoms with Crippen LogP contribution >= 0.6 is 11.3 Å². The Balaban J connectivity index is 1.55. The number of thiazole rings is 1. The summed E-state index contributed by atoms with van der Waals surface area (Å²) in [4.78, 5) is 14.9. The molecule has 2 aromatic rings. The number of halogens is 1. The van der Waals surface area contributed by atoms with Crippen LogP contribution in [0.25, 0.3) is 0 Å². The van der Waals surface area contributed by atoms with Crippen molar-refractivity contribution in [3.63, 3.8) is 0 Å². The average Bonchev–Trinajstić information content (AvgIpc) is 2.97. The summed E-state index contributed by atoms with van der Waals surface area (Å²) in [6, 6.07) is 2.19. The largest absolute Gasteiger partial charge is 0.473 e. The summed E-state index contributed by atoms with van der Waals surface area (Å²) in [5.74, 6) is 0.0443. The Kier molecular flexibility index (Phi) is 5.96. The van der Waals surface area contributed by atoms with Crippen molar-refractivity contribution in [1.82, 2.24) is 19.9 Å². The van der Waals surface area contributed by atoms with E-state index in [1.807, 2.05) is 13.0 Å². The van der Waals surface area contributed by atoms with Gasteiger partial charge < -0.3 is 10.1 Å². The van der Waals surface area contributed by atoms with E-state index < -0.39 is 0 Å². The summed E-state index contributed by atoms with van der Waals surface area (Å²) in [7, 11) is 0. The first kappa shape index (κ1) is 18.5. The van der Waals surface area contributed by atoms with Crippen LogP contribution in [0.2, 0.25) is 0 Å². The average molecular weight is 376 g/mol. The first-order chi connectivity index (χ1) is 12.6. The van der Waals surface area contributed by atoms with E-state index in [-0.39, 0.29) is 23.8 Å². The molecule has 3 rings (SSSR count). The summed E-state index contributed by atoms with van der Waals surface area (Å²) >= 11 is 1.37. The summed E-state index contributed by atoms with van der Waals surface area (Å²) in [5.41, 5.74) is 0.268. The van der Waals surface area contributed by atoms with Crippen molar-refractivity contribution in [3.05, 3.63) is 28.9 Å². The molecule has 3 heterocycles. The lowest BCUT2D eigenvalue weighted by Crippen LogP contribution is -2.43. The van der Waals surface area contributed by atoms with Gasteiger partial charge in [-0.3, -0.25) is 4.90 Å². The van der Waals surface area contributed by atoms with E-state index in [4.69, 9.17) is 10.00 Å². The van der Waals surface area contributed by atoms with Gasteiger partial charge in [0.1, 0.15) is 12.2 Å². The van der Waals surface area contributed by atoms with Gasteiger partial charge in [-0.05, 0) is 26.7 Å². The smallest absolute Gasteiger partial charge is 0.232 e. The van der Waals surface area contributed by atoms with Crippen molar-refractivity contribution in [3.8, 4) is 11.9 Å². The van der Waals surface area contributed by atoms with Crippen molar-refractivity contribution in [1.29, 1.82) is 5.26 Å². The van der Waals surface area contributed by atoms with Crippen LogP contribution in [0.3, 0.4) is 0 Å². The third kappa shape index (κ3) is 4.45. The fourth-order valence-electron chi connectivity index (χ4n) is 2.97. The lowest BCUT2D eigenvalue weighted by molar-refractivity contribution is 0.0557. The standard InChI is InChI=1S/C17H21FN6OS/c1-3-20-17-23-16(18)14(26-17)10-24-5-4-13(6-11(24)2)25-15-9-21-12(7-19)8-22-15/h8-9,11,13H,3-6,10H2,1-2H3,(H,20,23)/t11-,13-/m0/s1. The van der Waals surface area contributed by atoms with E-state index >= 15 is 0 Å². The molecule has 2 aromatic heterocycles. The van der Waals surface area contributed by atoms with Gasteiger partial charge in [-0.2, -0.15) is 14.6 Å². The number of hydrogen-bond acceptors (Lipinski definition) is 8. The molecule has 138 valence electrons. The molecule has 9 heteroatoms. The first-order valence-corrected chi connectivity index (χ1v) is 9.42. The maximum Gasteiger partial charge on any atom is 0.232 e. The Hall–Kier alpha value is -2.31. The Labute approximate surface area is 155 Å². The molecule has 1 aliphatic rings. The Bertz CT molecular complexity index is 775. The van der Waals surface area contributed by atoms with E-state index in [0.717, 1.165) is 25.9 Å². The van der Waals surface area contributed by atoms with Crippen molar-refractivity contribution in [2.45, 2.75) is 45.4 Å². The summed E-state index contributed by atoms with van der Waals surface area (Å²) in [6.45, 7) is 6.17. The molecular weight excluding hydrogens is 355 g/mol. The van der Waals surface area contributed by atoms with Crippen LogP contribution in [0.1, 0.15) is 37.3 Å². The molecule has 0 aromatic carbocycles. The predicted octanol–water partition coefficient (Wildman–Crippen LogP) is 2.81. The fraction of sp³-hybridized carbons (Fsp3) is 0.529. The Morgan fingerprint density at radius 2 is 2.31 bits per heavy atom. The zero-order valence-electron chi connectivity index (χ0n) is 14.8. The molecule has 1 N–H and O–H groups in total. The van der Waals surface area contributed by atoms with E-state index in [9.17, 15) is 4.39 Å². The van der Waals surface area contributed by atoms with Crippen molar-refractivity contribution >= 4 is 16.5 Å². The topological polar surface area (TPSA) is 87.0 Å². The molecule has 1 aliphatic heterocycles. The Morgan fingerprint density at radius 3 is 2.96 bits per heavy atom.